The van der Waals surface area contributed by atoms with Crippen LogP contribution in [0.5, 0.6) is 0 Å². The molecule has 7 nitrogen and oxygen atoms in total. The molecule has 1 aliphatic heterocycles. The Kier molecular flexibility index (Phi) is 5.55. The fourth-order valence-corrected chi connectivity index (χ4v) is 3.82. The number of hydrogen-bond acceptors (Lipinski definition) is 5. The largest absolute Gasteiger partial charge is 0.416 e. The molecule has 0 radical (unpaired) electrons. The Hall–Kier alpha value is -1.90. The highest BCUT2D eigenvalue weighted by atomic mass is 32.2. The monoisotopic (exact) mass is 377 g/mol. The van der Waals surface area contributed by atoms with Gasteiger partial charge in [0.05, 0.1) is 5.56 Å². The first-order valence-electron chi connectivity index (χ1n) is 7.54. The Morgan fingerprint density at radius 3 is 2.32 bits per heavy atom. The van der Waals surface area contributed by atoms with Crippen molar-refractivity contribution in [3.05, 3.63) is 23.4 Å². The number of nitrogens with one attached hydrogen (secondary N) is 1. The van der Waals surface area contributed by atoms with Gasteiger partial charge in [-0.2, -0.15) is 35.9 Å². The maximum Gasteiger partial charge on any atom is 0.416 e. The van der Waals surface area contributed by atoms with Gasteiger partial charge in [-0.3, -0.25) is 0 Å². The minimum Gasteiger partial charge on any atom is -0.354 e. The number of nitriles is 1. The van der Waals surface area contributed by atoms with Crippen molar-refractivity contribution >= 4 is 16.0 Å². The van der Waals surface area contributed by atoms with Crippen molar-refractivity contribution in [1.29, 1.82) is 5.26 Å². The Morgan fingerprint density at radius 1 is 1.24 bits per heavy atom. The standard InChI is InChI=1S/C14H18F3N5O2S/c1-10(2)20-25(23,24)22-5-3-21(4-6-22)13-8-11(14(15,16)17)7-12(9-18)19-13/h7-8,10,20H,3-6H2,1-2H3. The van der Waals surface area contributed by atoms with Crippen LogP contribution >= 0.6 is 0 Å². The Morgan fingerprint density at radius 2 is 1.84 bits per heavy atom. The van der Waals surface area contributed by atoms with E-state index in [0.717, 1.165) is 6.07 Å². The molecule has 0 amide bonds. The van der Waals surface area contributed by atoms with E-state index in [4.69, 9.17) is 5.26 Å². The predicted molar refractivity (Wildman–Crippen MR) is 84.9 cm³/mol. The van der Waals surface area contributed by atoms with E-state index >= 15 is 0 Å². The van der Waals surface area contributed by atoms with Gasteiger partial charge in [-0.25, -0.2) is 4.98 Å². The highest BCUT2D eigenvalue weighted by Gasteiger charge is 2.33. The summed E-state index contributed by atoms with van der Waals surface area (Å²) in [5, 5.41) is 8.89. The van der Waals surface area contributed by atoms with Gasteiger partial charge in [0.15, 0.2) is 0 Å². The van der Waals surface area contributed by atoms with Crippen molar-refractivity contribution in [2.75, 3.05) is 31.1 Å². The van der Waals surface area contributed by atoms with Crippen molar-refractivity contribution in [3.8, 4) is 6.07 Å². The van der Waals surface area contributed by atoms with Gasteiger partial charge in [0.2, 0.25) is 0 Å². The van der Waals surface area contributed by atoms with Gasteiger partial charge in [0.25, 0.3) is 10.2 Å². The predicted octanol–water partition coefficient (Wildman–Crippen LogP) is 1.34. The number of alkyl halides is 3. The first kappa shape index (κ1) is 19.4. The molecular weight excluding hydrogens is 359 g/mol. The molecular formula is C14H18F3N5O2S. The number of anilines is 1. The fourth-order valence-electron chi connectivity index (χ4n) is 2.43. The van der Waals surface area contributed by atoms with Gasteiger partial charge in [-0.1, -0.05) is 0 Å². The van der Waals surface area contributed by atoms with Crippen LogP contribution in [0.15, 0.2) is 12.1 Å². The lowest BCUT2D eigenvalue weighted by Gasteiger charge is -2.35. The molecule has 0 unspecified atom stereocenters. The van der Waals surface area contributed by atoms with E-state index < -0.39 is 21.9 Å². The average Bonchev–Trinajstić information content (AvgIpc) is 2.52. The van der Waals surface area contributed by atoms with E-state index in [0.29, 0.717) is 6.07 Å². The third-order valence-corrected chi connectivity index (χ3v) is 5.36. The van der Waals surface area contributed by atoms with Crippen LogP contribution in [0.4, 0.5) is 19.0 Å². The first-order chi connectivity index (χ1) is 11.5. The zero-order valence-electron chi connectivity index (χ0n) is 13.7. The summed E-state index contributed by atoms with van der Waals surface area (Å²) in [4.78, 5) is 5.45. The smallest absolute Gasteiger partial charge is 0.354 e. The molecule has 1 fully saturated rings. The molecule has 0 spiro atoms. The molecule has 2 rings (SSSR count). The van der Waals surface area contributed by atoms with Crippen molar-refractivity contribution in [1.82, 2.24) is 14.0 Å². The molecule has 2 heterocycles. The van der Waals surface area contributed by atoms with Crippen LogP contribution in [0, 0.1) is 11.3 Å². The molecule has 25 heavy (non-hydrogen) atoms. The van der Waals surface area contributed by atoms with Crippen LogP contribution in [-0.4, -0.2) is 49.9 Å². The van der Waals surface area contributed by atoms with E-state index in [2.05, 4.69) is 9.71 Å². The maximum atomic E-state index is 12.9. The van der Waals surface area contributed by atoms with Gasteiger partial charge >= 0.3 is 6.18 Å². The lowest BCUT2D eigenvalue weighted by Crippen LogP contribution is -2.53. The summed E-state index contributed by atoms with van der Waals surface area (Å²) in [6.07, 6.45) is -4.59. The number of hydrogen-bond donors (Lipinski definition) is 1. The number of rotatable bonds is 4. The van der Waals surface area contributed by atoms with Crippen molar-refractivity contribution in [2.24, 2.45) is 0 Å². The molecule has 1 aromatic heterocycles. The molecule has 11 heteroatoms. The highest BCUT2D eigenvalue weighted by Crippen LogP contribution is 2.32. The van der Waals surface area contributed by atoms with Crippen LogP contribution in [0.3, 0.4) is 0 Å². The molecule has 0 bridgehead atoms. The Labute approximate surface area is 144 Å². The third kappa shape index (κ3) is 4.81. The summed E-state index contributed by atoms with van der Waals surface area (Å²) in [6, 6.07) is 2.93. The lowest BCUT2D eigenvalue weighted by molar-refractivity contribution is -0.137. The number of nitrogens with zero attached hydrogens (tertiary/aromatic N) is 4. The molecule has 0 saturated carbocycles. The summed E-state index contributed by atoms with van der Waals surface area (Å²) < 4.78 is 66.7. The van der Waals surface area contributed by atoms with E-state index in [9.17, 15) is 21.6 Å². The number of pyridine rings is 1. The van der Waals surface area contributed by atoms with Gasteiger partial charge in [0, 0.05) is 32.2 Å². The van der Waals surface area contributed by atoms with Gasteiger partial charge < -0.3 is 4.90 Å². The van der Waals surface area contributed by atoms with E-state index in [1.54, 1.807) is 19.9 Å². The SMILES string of the molecule is CC(C)NS(=O)(=O)N1CCN(c2cc(C(F)(F)F)cc(C#N)n2)CC1. The normalized spacial score (nSPS) is 16.9. The second-order valence-electron chi connectivity index (χ2n) is 5.87. The van der Waals surface area contributed by atoms with Crippen LogP contribution < -0.4 is 9.62 Å². The van der Waals surface area contributed by atoms with E-state index in [1.807, 2.05) is 0 Å². The van der Waals surface area contributed by atoms with Crippen LogP contribution in [0.25, 0.3) is 0 Å². The first-order valence-corrected chi connectivity index (χ1v) is 8.98. The molecule has 0 aliphatic carbocycles. The molecule has 1 aliphatic rings. The molecule has 138 valence electrons. The van der Waals surface area contributed by atoms with Crippen LogP contribution in [-0.2, 0) is 16.4 Å². The Balaban J connectivity index is 2.17. The number of piperazine rings is 1. The minimum atomic E-state index is -4.59. The minimum absolute atomic E-state index is 0.0141. The van der Waals surface area contributed by atoms with E-state index in [1.165, 1.54) is 9.21 Å². The van der Waals surface area contributed by atoms with Crippen LogP contribution in [0.1, 0.15) is 25.1 Å². The summed E-state index contributed by atoms with van der Waals surface area (Å²) in [5.74, 6) is 0.0141. The maximum absolute atomic E-state index is 12.9. The molecule has 0 atom stereocenters. The van der Waals surface area contributed by atoms with Crippen molar-refractivity contribution in [3.63, 3.8) is 0 Å². The van der Waals surface area contributed by atoms with Gasteiger partial charge in [-0.05, 0) is 26.0 Å². The summed E-state index contributed by atoms with van der Waals surface area (Å²) in [7, 11) is -3.63. The summed E-state index contributed by atoms with van der Waals surface area (Å²) >= 11 is 0. The molecule has 1 N–H and O–H groups in total. The fraction of sp³-hybridized carbons (Fsp3) is 0.571. The van der Waals surface area contributed by atoms with Gasteiger partial charge in [0.1, 0.15) is 17.6 Å². The summed E-state index contributed by atoms with van der Waals surface area (Å²) in [6.45, 7) is 3.98. The molecule has 0 aromatic carbocycles. The number of halogens is 3. The van der Waals surface area contributed by atoms with Crippen LogP contribution in [0.2, 0.25) is 0 Å². The second-order valence-corrected chi connectivity index (χ2v) is 7.57. The van der Waals surface area contributed by atoms with Gasteiger partial charge in [-0.15, -0.1) is 0 Å². The lowest BCUT2D eigenvalue weighted by atomic mass is 10.2. The van der Waals surface area contributed by atoms with Crippen molar-refractivity contribution < 1.29 is 21.6 Å². The molecule has 1 saturated heterocycles. The summed E-state index contributed by atoms with van der Waals surface area (Å²) in [5.41, 5.74) is -1.29. The third-order valence-electron chi connectivity index (χ3n) is 3.54. The van der Waals surface area contributed by atoms with Crippen molar-refractivity contribution in [2.45, 2.75) is 26.1 Å². The Bertz CT molecular complexity index is 766. The zero-order chi connectivity index (χ0) is 18.8. The second kappa shape index (κ2) is 7.15. The molecule has 1 aromatic rings. The number of aromatic nitrogens is 1. The quantitative estimate of drug-likeness (QED) is 0.855. The topological polar surface area (TPSA) is 89.3 Å². The average molecular weight is 377 g/mol. The highest BCUT2D eigenvalue weighted by molar-refractivity contribution is 7.87. The zero-order valence-corrected chi connectivity index (χ0v) is 14.5. The van der Waals surface area contributed by atoms with E-state index in [-0.39, 0.29) is 43.7 Å².